The van der Waals surface area contributed by atoms with Crippen molar-refractivity contribution < 1.29 is 14.3 Å². The summed E-state index contributed by atoms with van der Waals surface area (Å²) in [6.07, 6.45) is 4.92. The van der Waals surface area contributed by atoms with Gasteiger partial charge in [-0.3, -0.25) is 4.79 Å². The Morgan fingerprint density at radius 2 is 2.36 bits per heavy atom. The first-order valence-electron chi connectivity index (χ1n) is 3.85. The highest BCUT2D eigenvalue weighted by Gasteiger charge is 2.10. The zero-order chi connectivity index (χ0) is 10.6. The highest BCUT2D eigenvalue weighted by atomic mass is 19.1. The lowest BCUT2D eigenvalue weighted by Crippen LogP contribution is -2.24. The molecule has 0 spiro atoms. The van der Waals surface area contributed by atoms with Crippen LogP contribution in [0, 0.1) is 18.2 Å². The van der Waals surface area contributed by atoms with Gasteiger partial charge in [0.25, 0.3) is 5.91 Å². The Morgan fingerprint density at radius 1 is 1.64 bits per heavy atom. The first-order valence-corrected chi connectivity index (χ1v) is 3.85. The smallest absolute Gasteiger partial charge is 0.255 e. The number of aromatic hydroxyl groups is 1. The summed E-state index contributed by atoms with van der Waals surface area (Å²) in [5, 5.41) is 11.2. The molecule has 1 amide bonds. The van der Waals surface area contributed by atoms with E-state index in [2.05, 4.69) is 11.2 Å². The number of phenolic OH excluding ortho intramolecular Hbond substituents is 1. The first-order chi connectivity index (χ1) is 6.65. The van der Waals surface area contributed by atoms with Crippen LogP contribution >= 0.6 is 0 Å². The van der Waals surface area contributed by atoms with Crippen molar-refractivity contribution in [3.05, 3.63) is 29.6 Å². The zero-order valence-electron chi connectivity index (χ0n) is 7.25. The first kappa shape index (κ1) is 10.1. The maximum Gasteiger partial charge on any atom is 0.255 e. The molecular weight excluding hydrogens is 185 g/mol. The van der Waals surface area contributed by atoms with Gasteiger partial charge in [0.1, 0.15) is 11.6 Å². The van der Waals surface area contributed by atoms with E-state index < -0.39 is 11.7 Å². The molecule has 0 bridgehead atoms. The van der Waals surface area contributed by atoms with Crippen LogP contribution in [0.25, 0.3) is 0 Å². The maximum atomic E-state index is 13.1. The third kappa shape index (κ3) is 2.23. The molecule has 0 unspecified atom stereocenters. The predicted molar refractivity (Wildman–Crippen MR) is 49.2 cm³/mol. The van der Waals surface area contributed by atoms with Gasteiger partial charge in [-0.1, -0.05) is 5.92 Å². The topological polar surface area (TPSA) is 49.3 Å². The van der Waals surface area contributed by atoms with E-state index in [-0.39, 0.29) is 17.9 Å². The molecule has 0 fully saturated rings. The zero-order valence-corrected chi connectivity index (χ0v) is 7.25. The van der Waals surface area contributed by atoms with Gasteiger partial charge >= 0.3 is 0 Å². The Morgan fingerprint density at radius 3 is 2.93 bits per heavy atom. The highest BCUT2D eigenvalue weighted by Crippen LogP contribution is 2.14. The maximum absolute atomic E-state index is 13.1. The van der Waals surface area contributed by atoms with Crippen LogP contribution in [-0.4, -0.2) is 17.6 Å². The number of amides is 1. The van der Waals surface area contributed by atoms with Crippen molar-refractivity contribution in [2.24, 2.45) is 0 Å². The van der Waals surface area contributed by atoms with Crippen LogP contribution in [0.3, 0.4) is 0 Å². The summed E-state index contributed by atoms with van der Waals surface area (Å²) >= 11 is 0. The minimum absolute atomic E-state index is 0.0408. The van der Waals surface area contributed by atoms with Gasteiger partial charge in [0.2, 0.25) is 0 Å². The molecule has 0 radical (unpaired) electrons. The molecule has 4 heteroatoms. The van der Waals surface area contributed by atoms with Crippen molar-refractivity contribution in [3.8, 4) is 18.1 Å². The van der Waals surface area contributed by atoms with Crippen LogP contribution in [0.1, 0.15) is 10.4 Å². The number of phenols is 1. The normalized spacial score (nSPS) is 9.14. The van der Waals surface area contributed by atoms with E-state index in [9.17, 15) is 9.18 Å². The van der Waals surface area contributed by atoms with Crippen LogP contribution in [0.15, 0.2) is 18.2 Å². The van der Waals surface area contributed by atoms with Crippen molar-refractivity contribution in [1.29, 1.82) is 0 Å². The number of rotatable bonds is 2. The summed E-state index contributed by atoms with van der Waals surface area (Å²) in [4.78, 5) is 11.2. The van der Waals surface area contributed by atoms with E-state index >= 15 is 0 Å². The molecule has 0 aliphatic heterocycles. The SMILES string of the molecule is C#CCNC(=O)c1ccc(O)cc1F. The van der Waals surface area contributed by atoms with Crippen molar-refractivity contribution in [1.82, 2.24) is 5.32 Å². The van der Waals surface area contributed by atoms with Crippen LogP contribution < -0.4 is 5.32 Å². The monoisotopic (exact) mass is 193 g/mol. The molecule has 0 heterocycles. The van der Waals surface area contributed by atoms with Crippen LogP contribution in [-0.2, 0) is 0 Å². The van der Waals surface area contributed by atoms with E-state index in [1.54, 1.807) is 0 Å². The summed E-state index contributed by atoms with van der Waals surface area (Å²) in [6.45, 7) is 0.0408. The second-order valence-corrected chi connectivity index (χ2v) is 2.55. The lowest BCUT2D eigenvalue weighted by atomic mass is 10.2. The number of nitrogens with one attached hydrogen (secondary N) is 1. The third-order valence-corrected chi connectivity index (χ3v) is 1.55. The number of benzene rings is 1. The van der Waals surface area contributed by atoms with Crippen LogP contribution in [0.2, 0.25) is 0 Å². The number of carbonyl (C=O) groups excluding carboxylic acids is 1. The highest BCUT2D eigenvalue weighted by molar-refractivity contribution is 5.94. The molecule has 1 aromatic rings. The number of terminal acetylenes is 1. The number of halogens is 1. The molecule has 14 heavy (non-hydrogen) atoms. The summed E-state index contributed by atoms with van der Waals surface area (Å²) in [5.41, 5.74) is -0.141. The molecule has 0 atom stereocenters. The molecule has 1 aromatic carbocycles. The van der Waals surface area contributed by atoms with E-state index in [4.69, 9.17) is 11.5 Å². The average Bonchev–Trinajstić information content (AvgIpc) is 2.14. The number of carbonyl (C=O) groups is 1. The van der Waals surface area contributed by atoms with Gasteiger partial charge in [0, 0.05) is 6.07 Å². The Bertz CT molecular complexity index is 396. The van der Waals surface area contributed by atoms with Gasteiger partial charge in [-0.15, -0.1) is 6.42 Å². The Kier molecular flexibility index (Phi) is 3.08. The quantitative estimate of drug-likeness (QED) is 0.685. The molecule has 2 N–H and O–H groups in total. The van der Waals surface area contributed by atoms with Crippen molar-refractivity contribution in [3.63, 3.8) is 0 Å². The molecule has 0 aliphatic rings. The molecular formula is C10H8FNO2. The van der Waals surface area contributed by atoms with Gasteiger partial charge in [0.15, 0.2) is 0 Å². The lowest BCUT2D eigenvalue weighted by molar-refractivity contribution is 0.0954. The van der Waals surface area contributed by atoms with Crippen LogP contribution in [0.5, 0.6) is 5.75 Å². The van der Waals surface area contributed by atoms with Gasteiger partial charge < -0.3 is 10.4 Å². The van der Waals surface area contributed by atoms with Gasteiger partial charge in [0.05, 0.1) is 12.1 Å². The summed E-state index contributed by atoms with van der Waals surface area (Å²) < 4.78 is 13.1. The summed E-state index contributed by atoms with van der Waals surface area (Å²) in [6, 6.07) is 3.29. The number of hydrogen-bond donors (Lipinski definition) is 2. The largest absolute Gasteiger partial charge is 0.508 e. The van der Waals surface area contributed by atoms with Crippen molar-refractivity contribution >= 4 is 5.91 Å². The number of hydrogen-bond acceptors (Lipinski definition) is 2. The average molecular weight is 193 g/mol. The standard InChI is InChI=1S/C10H8FNO2/c1-2-5-12-10(14)8-4-3-7(13)6-9(8)11/h1,3-4,6,13H,5H2,(H,12,14). The molecule has 0 saturated carbocycles. The molecule has 72 valence electrons. The summed E-state index contributed by atoms with van der Waals surface area (Å²) in [5.74, 6) is 0.594. The second-order valence-electron chi connectivity index (χ2n) is 2.55. The fraction of sp³-hybridized carbons (Fsp3) is 0.100. The van der Waals surface area contributed by atoms with Gasteiger partial charge in [-0.2, -0.15) is 0 Å². The third-order valence-electron chi connectivity index (χ3n) is 1.55. The Balaban J connectivity index is 2.86. The fourth-order valence-electron chi connectivity index (χ4n) is 0.915. The lowest BCUT2D eigenvalue weighted by Gasteiger charge is -2.02. The van der Waals surface area contributed by atoms with E-state index in [0.717, 1.165) is 6.07 Å². The van der Waals surface area contributed by atoms with Gasteiger partial charge in [-0.25, -0.2) is 4.39 Å². The molecule has 0 aromatic heterocycles. The van der Waals surface area contributed by atoms with Crippen LogP contribution in [0.4, 0.5) is 4.39 Å². The Labute approximate surface area is 80.6 Å². The minimum atomic E-state index is -0.778. The molecule has 0 saturated heterocycles. The van der Waals surface area contributed by atoms with Crippen molar-refractivity contribution in [2.75, 3.05) is 6.54 Å². The molecule has 1 rings (SSSR count). The Hall–Kier alpha value is -2.02. The summed E-state index contributed by atoms with van der Waals surface area (Å²) in [7, 11) is 0. The van der Waals surface area contributed by atoms with Gasteiger partial charge in [-0.05, 0) is 12.1 Å². The van der Waals surface area contributed by atoms with Crippen molar-refractivity contribution in [2.45, 2.75) is 0 Å². The second kappa shape index (κ2) is 4.28. The van der Waals surface area contributed by atoms with E-state index in [1.165, 1.54) is 12.1 Å². The fourth-order valence-corrected chi connectivity index (χ4v) is 0.915. The molecule has 3 nitrogen and oxygen atoms in total. The molecule has 0 aliphatic carbocycles. The predicted octanol–water partition coefficient (Wildman–Crippen LogP) is 0.894. The van der Waals surface area contributed by atoms with E-state index in [0.29, 0.717) is 0 Å². The minimum Gasteiger partial charge on any atom is -0.508 e. The van der Waals surface area contributed by atoms with E-state index in [1.807, 2.05) is 0 Å².